The van der Waals surface area contributed by atoms with E-state index in [1.807, 2.05) is 51.5 Å². The van der Waals surface area contributed by atoms with E-state index in [4.69, 9.17) is 80.0 Å². The molecule has 0 bridgehead atoms. The summed E-state index contributed by atoms with van der Waals surface area (Å²) in [4.78, 5) is 123. The van der Waals surface area contributed by atoms with Gasteiger partial charge in [-0.3, -0.25) is 43.7 Å². The van der Waals surface area contributed by atoms with Gasteiger partial charge in [0, 0.05) is 66.1 Å². The average Bonchev–Trinajstić information content (AvgIpc) is 3.51. The van der Waals surface area contributed by atoms with Gasteiger partial charge in [-0.1, -0.05) is 111 Å². The lowest BCUT2D eigenvalue weighted by Crippen LogP contribution is -2.35. The molecule has 444 valence electrons. The maximum Gasteiger partial charge on any atom is 0.362 e. The van der Waals surface area contributed by atoms with E-state index in [-0.39, 0.29) is 78.7 Å². The first kappa shape index (κ1) is 64.4. The van der Waals surface area contributed by atoms with Crippen molar-refractivity contribution < 1.29 is 9.90 Å². The number of halogens is 6. The van der Waals surface area contributed by atoms with E-state index >= 15 is 0 Å². The number of hydrogen-bond donors (Lipinski definition) is 7. The van der Waals surface area contributed by atoms with Gasteiger partial charge in [0.1, 0.15) is 12.3 Å². The Kier molecular flexibility index (Phi) is 20.4. The van der Waals surface area contributed by atoms with Gasteiger partial charge in [-0.05, 0) is 89.0 Å². The second-order valence-electron chi connectivity index (χ2n) is 19.4. The van der Waals surface area contributed by atoms with Crippen molar-refractivity contribution in [2.45, 2.75) is 78.6 Å². The quantitative estimate of drug-likeness (QED) is 0.0733. The molecule has 0 aliphatic heterocycles. The minimum atomic E-state index is -1.59. The summed E-state index contributed by atoms with van der Waals surface area (Å²) < 4.78 is 2.50. The number of hydrogen-bond acceptors (Lipinski definition) is 17. The number of carboxylic acids is 1. The van der Waals surface area contributed by atoms with Crippen molar-refractivity contribution in [3.8, 4) is 23.1 Å². The molecule has 0 saturated carbocycles. The van der Waals surface area contributed by atoms with Crippen molar-refractivity contribution >= 4 is 75.6 Å². The standard InChI is InChI=1S/C18H14Cl2N6O3.C18H15Cl2N5O5.C17H15Cl2N5O3/c1-8(2)11-3-9(23-24-16(11)27)4-12-13(19)5-10(6-14(12)20)26-18(29)22-17(28)15(7-21)25-26;1-7(2)10-3-8(22-23-15(10)26)4-11-12(19)5-9(6-13(11)20)25-18(30)21-16(27)14(24-25)17(28)29;1-8(2)11-3-9(22-23-16(11)26)4-12-13(18)5-10(6-14(12)19)24-17(27)21-15(25)7-20-24/h3,5-6,8H,4H2,1-2H3,(H,24,27)(H,22,28,29);3,5-7H,4H2,1-2H3,(H,23,26)(H,28,29)(H,21,27,30);3,5-8H,4H2,1-2H3,(H,23,26)(H,21,25,27). The number of nitriles is 1. The van der Waals surface area contributed by atoms with Gasteiger partial charge in [0.15, 0.2) is 0 Å². The van der Waals surface area contributed by atoms with Crippen LogP contribution >= 0.6 is 69.6 Å². The summed E-state index contributed by atoms with van der Waals surface area (Å²) in [5, 5.41) is 49.9. The summed E-state index contributed by atoms with van der Waals surface area (Å²) in [6.07, 6.45) is 1.71. The highest BCUT2D eigenvalue weighted by molar-refractivity contribution is 6.37. The first-order chi connectivity index (χ1) is 40.5. The molecule has 7 N–H and O–H groups in total. The van der Waals surface area contributed by atoms with E-state index in [0.29, 0.717) is 77.3 Å². The number of nitrogens with one attached hydrogen (secondary N) is 6. The van der Waals surface area contributed by atoms with Gasteiger partial charge in [0.05, 0.1) is 34.1 Å². The molecule has 9 rings (SSSR count). The third-order valence-corrected chi connectivity index (χ3v) is 14.4. The minimum Gasteiger partial charge on any atom is -0.476 e. The molecule has 27 nitrogen and oxygen atoms in total. The second-order valence-corrected chi connectivity index (χ2v) is 21.8. The number of carbonyl (C=O) groups is 1. The molecule has 0 amide bonds. The fourth-order valence-electron chi connectivity index (χ4n) is 8.04. The number of benzene rings is 3. The monoisotopic (exact) mass is 1290 g/mol. The predicted octanol–water partition coefficient (Wildman–Crippen LogP) is 5.65. The van der Waals surface area contributed by atoms with E-state index < -0.39 is 51.1 Å². The molecule has 0 spiro atoms. The Morgan fingerprint density at radius 3 is 1.14 bits per heavy atom. The zero-order valence-corrected chi connectivity index (χ0v) is 49.9. The van der Waals surface area contributed by atoms with Crippen LogP contribution in [-0.2, 0) is 19.3 Å². The Morgan fingerprint density at radius 2 is 0.814 bits per heavy atom. The Hall–Kier alpha value is -9.17. The van der Waals surface area contributed by atoms with Crippen molar-refractivity contribution in [2.75, 3.05) is 0 Å². The molecule has 0 aliphatic carbocycles. The van der Waals surface area contributed by atoms with Crippen LogP contribution in [0, 0.1) is 11.3 Å². The third-order valence-electron chi connectivity index (χ3n) is 12.4. The van der Waals surface area contributed by atoms with Gasteiger partial charge in [-0.15, -0.1) is 5.10 Å². The largest absolute Gasteiger partial charge is 0.476 e. The zero-order valence-electron chi connectivity index (χ0n) is 45.4. The minimum absolute atomic E-state index is 0.00885. The fourth-order valence-corrected chi connectivity index (χ4v) is 9.87. The van der Waals surface area contributed by atoms with Crippen LogP contribution in [0.2, 0.25) is 30.1 Å². The normalized spacial score (nSPS) is 11.0. The molecule has 6 heterocycles. The van der Waals surface area contributed by atoms with Crippen LogP contribution in [0.25, 0.3) is 17.1 Å². The Morgan fingerprint density at radius 1 is 0.488 bits per heavy atom. The molecule has 9 aromatic rings. The molecule has 0 atom stereocenters. The topological polar surface area (TPSA) is 402 Å². The number of H-pyrrole nitrogens is 6. The van der Waals surface area contributed by atoms with Crippen molar-refractivity contribution in [1.82, 2.24) is 74.9 Å². The first-order valence-corrected chi connectivity index (χ1v) is 27.3. The van der Waals surface area contributed by atoms with Crippen LogP contribution < -0.4 is 50.4 Å². The summed E-state index contributed by atoms with van der Waals surface area (Å²) in [7, 11) is 0. The van der Waals surface area contributed by atoms with Gasteiger partial charge < -0.3 is 5.11 Å². The number of aromatic carboxylic acids is 1. The second kappa shape index (κ2) is 27.2. The lowest BCUT2D eigenvalue weighted by atomic mass is 10.0. The average molecular weight is 1290 g/mol. The molecule has 86 heavy (non-hydrogen) atoms. The molecular formula is C53H44Cl6N16O11. The van der Waals surface area contributed by atoms with Crippen molar-refractivity contribution in [2.24, 2.45) is 0 Å². The number of rotatable bonds is 13. The van der Waals surface area contributed by atoms with E-state index in [1.165, 1.54) is 36.4 Å². The van der Waals surface area contributed by atoms with Crippen LogP contribution in [0.15, 0.2) is 104 Å². The number of aromatic amines is 6. The highest BCUT2D eigenvalue weighted by Gasteiger charge is 2.21. The van der Waals surface area contributed by atoms with Crippen LogP contribution in [0.4, 0.5) is 0 Å². The van der Waals surface area contributed by atoms with Crippen LogP contribution in [0.3, 0.4) is 0 Å². The Bertz CT molecular complexity index is 4700. The molecular weight excluding hydrogens is 1250 g/mol. The van der Waals surface area contributed by atoms with Crippen LogP contribution in [0.1, 0.15) is 126 Å². The van der Waals surface area contributed by atoms with E-state index in [2.05, 4.69) is 50.9 Å². The third kappa shape index (κ3) is 15.0. The van der Waals surface area contributed by atoms with Crippen LogP contribution in [0.5, 0.6) is 0 Å². The summed E-state index contributed by atoms with van der Waals surface area (Å²) in [5.74, 6) is -1.54. The van der Waals surface area contributed by atoms with E-state index in [1.54, 1.807) is 24.3 Å². The number of carboxylic acid groups (broad SMARTS) is 1. The predicted molar refractivity (Wildman–Crippen MR) is 318 cm³/mol. The van der Waals surface area contributed by atoms with Crippen molar-refractivity contribution in [3.05, 3.63) is 246 Å². The van der Waals surface area contributed by atoms with Crippen LogP contribution in [-0.4, -0.2) is 86.0 Å². The maximum atomic E-state index is 12.1. The molecule has 0 radical (unpaired) electrons. The molecule has 0 saturated heterocycles. The maximum absolute atomic E-state index is 12.1. The smallest absolute Gasteiger partial charge is 0.362 e. The lowest BCUT2D eigenvalue weighted by molar-refractivity contribution is 0.0685. The lowest BCUT2D eigenvalue weighted by Gasteiger charge is -2.12. The molecule has 0 unspecified atom stereocenters. The molecule has 3 aromatic carbocycles. The van der Waals surface area contributed by atoms with Crippen molar-refractivity contribution in [3.63, 3.8) is 0 Å². The van der Waals surface area contributed by atoms with Gasteiger partial charge in [0.2, 0.25) is 11.4 Å². The highest BCUT2D eigenvalue weighted by atomic mass is 35.5. The van der Waals surface area contributed by atoms with E-state index in [0.717, 1.165) is 15.6 Å². The zero-order chi connectivity index (χ0) is 63.2. The molecule has 0 aliphatic rings. The van der Waals surface area contributed by atoms with Gasteiger partial charge in [-0.25, -0.2) is 34.5 Å². The van der Waals surface area contributed by atoms with Gasteiger partial charge in [0.25, 0.3) is 33.4 Å². The molecule has 0 fully saturated rings. The van der Waals surface area contributed by atoms with Gasteiger partial charge >= 0.3 is 23.0 Å². The highest BCUT2D eigenvalue weighted by Crippen LogP contribution is 2.33. The number of nitrogens with zero attached hydrogens (tertiary/aromatic N) is 10. The summed E-state index contributed by atoms with van der Waals surface area (Å²) in [6.45, 7) is 11.4. The van der Waals surface area contributed by atoms with Crippen molar-refractivity contribution in [1.29, 1.82) is 5.26 Å². The Labute approximate surface area is 510 Å². The number of aromatic nitrogens is 15. The summed E-state index contributed by atoms with van der Waals surface area (Å²) >= 11 is 38.1. The Balaban J connectivity index is 0.000000185. The summed E-state index contributed by atoms with van der Waals surface area (Å²) in [6, 6.07) is 15.3. The molecule has 6 aromatic heterocycles. The van der Waals surface area contributed by atoms with E-state index in [9.17, 15) is 47.9 Å². The SMILES string of the molecule is CC(C)c1cc(Cc2c(Cl)cc(-n3nc(C#N)c(=O)[nH]c3=O)cc2Cl)n[nH]c1=O.CC(C)c1cc(Cc2c(Cl)cc(-n3nc(C(=O)O)c(=O)[nH]c3=O)cc2Cl)n[nH]c1=O.CC(C)c1cc(Cc2c(Cl)cc(-n3ncc(=O)[nH]c3=O)cc2Cl)n[nH]c1=O. The molecule has 33 heteroatoms. The van der Waals surface area contributed by atoms with Gasteiger partial charge in [-0.2, -0.15) is 44.8 Å². The first-order valence-electron chi connectivity index (χ1n) is 25.0. The summed E-state index contributed by atoms with van der Waals surface area (Å²) in [5.41, 5.74) is -1.56. The fraction of sp³-hybridized carbons (Fsp3) is 0.226.